The van der Waals surface area contributed by atoms with Gasteiger partial charge in [0.05, 0.1) is 11.3 Å². The molecule has 0 bridgehead atoms. The molecule has 154 valence electrons. The molecule has 1 unspecified atom stereocenters. The number of aliphatic carboxylic acids is 1. The van der Waals surface area contributed by atoms with Crippen LogP contribution in [-0.4, -0.2) is 59.7 Å². The summed E-state index contributed by atoms with van der Waals surface area (Å²) in [6.07, 6.45) is 2.06. The molecule has 30 heavy (non-hydrogen) atoms. The van der Waals surface area contributed by atoms with Crippen LogP contribution in [0.15, 0.2) is 53.4 Å². The molecule has 8 heteroatoms. The van der Waals surface area contributed by atoms with E-state index in [-0.39, 0.29) is 46.9 Å². The Morgan fingerprint density at radius 2 is 1.87 bits per heavy atom. The normalized spacial score (nSPS) is 16.1. The topological polar surface area (TPSA) is 88.4 Å². The molecule has 4 rings (SSSR count). The van der Waals surface area contributed by atoms with Gasteiger partial charge >= 0.3 is 35.5 Å². The standard InChI is InChI=1S/C22H24N2O4S.Na.H/c1-15-6-9-17(10-7-15)29(27,28)23-16-8-11-21-19(14-16)18-4-2-3-5-20(18)24(21)13-12-22(25)26;;/h2-7,9-10,16,23H,8,11-14H2,1H3,(H,25,26);;. The third-order valence-corrected chi connectivity index (χ3v) is 7.11. The van der Waals surface area contributed by atoms with E-state index in [1.165, 1.54) is 0 Å². The number of hydrogen-bond donors (Lipinski definition) is 2. The molecule has 0 saturated heterocycles. The summed E-state index contributed by atoms with van der Waals surface area (Å²) >= 11 is 0. The predicted molar refractivity (Wildman–Crippen MR) is 119 cm³/mol. The number of benzene rings is 2. The third-order valence-electron chi connectivity index (χ3n) is 5.58. The first kappa shape index (κ1) is 23.0. The van der Waals surface area contributed by atoms with Crippen molar-refractivity contribution < 1.29 is 18.3 Å². The Morgan fingerprint density at radius 1 is 1.17 bits per heavy atom. The van der Waals surface area contributed by atoms with Crippen LogP contribution in [0.3, 0.4) is 0 Å². The molecule has 3 aromatic rings. The van der Waals surface area contributed by atoms with Gasteiger partial charge in [-0.05, 0) is 49.9 Å². The Bertz CT molecular complexity index is 1170. The van der Waals surface area contributed by atoms with Crippen LogP contribution in [0.2, 0.25) is 0 Å². The van der Waals surface area contributed by atoms with Crippen molar-refractivity contribution in [3.05, 3.63) is 65.4 Å². The Kier molecular flexibility index (Phi) is 7.09. The molecule has 2 aromatic carbocycles. The number of carboxylic acid groups (broad SMARTS) is 1. The zero-order valence-electron chi connectivity index (χ0n) is 16.3. The molecule has 0 aliphatic heterocycles. The van der Waals surface area contributed by atoms with Crippen LogP contribution in [0.5, 0.6) is 0 Å². The van der Waals surface area contributed by atoms with Gasteiger partial charge in [-0.3, -0.25) is 4.79 Å². The van der Waals surface area contributed by atoms with E-state index in [0.717, 1.165) is 27.7 Å². The van der Waals surface area contributed by atoms with Crippen molar-refractivity contribution in [1.82, 2.24) is 9.29 Å². The summed E-state index contributed by atoms with van der Waals surface area (Å²) in [7, 11) is -3.58. The van der Waals surface area contributed by atoms with E-state index in [2.05, 4.69) is 9.29 Å². The van der Waals surface area contributed by atoms with Crippen molar-refractivity contribution in [3.63, 3.8) is 0 Å². The second-order valence-corrected chi connectivity index (χ2v) is 9.33. The number of para-hydroxylation sites is 1. The Hall–Kier alpha value is -1.64. The van der Waals surface area contributed by atoms with Gasteiger partial charge in [-0.1, -0.05) is 35.9 Å². The molecule has 1 aliphatic carbocycles. The fourth-order valence-corrected chi connectivity index (χ4v) is 5.44. The van der Waals surface area contributed by atoms with Crippen LogP contribution < -0.4 is 4.72 Å². The van der Waals surface area contributed by atoms with Gasteiger partial charge in [-0.15, -0.1) is 0 Å². The summed E-state index contributed by atoms with van der Waals surface area (Å²) in [5, 5.41) is 10.2. The van der Waals surface area contributed by atoms with Gasteiger partial charge in [0.2, 0.25) is 10.0 Å². The van der Waals surface area contributed by atoms with Crippen LogP contribution in [0.25, 0.3) is 10.9 Å². The number of nitrogens with one attached hydrogen (secondary N) is 1. The number of rotatable bonds is 6. The molecule has 1 heterocycles. The number of sulfonamides is 1. The average Bonchev–Trinajstić information content (AvgIpc) is 2.99. The molecule has 1 aromatic heterocycles. The van der Waals surface area contributed by atoms with Crippen molar-refractivity contribution in [2.45, 2.75) is 50.1 Å². The van der Waals surface area contributed by atoms with E-state index in [4.69, 9.17) is 5.11 Å². The third kappa shape index (κ3) is 4.65. The summed E-state index contributed by atoms with van der Waals surface area (Å²) < 4.78 is 30.5. The van der Waals surface area contributed by atoms with Crippen LogP contribution >= 0.6 is 0 Å². The maximum atomic E-state index is 12.8. The van der Waals surface area contributed by atoms with E-state index in [9.17, 15) is 13.2 Å². The van der Waals surface area contributed by atoms with Crippen LogP contribution in [0, 0.1) is 6.92 Å². The van der Waals surface area contributed by atoms with Gasteiger partial charge in [0, 0.05) is 29.2 Å². The first-order valence-electron chi connectivity index (χ1n) is 9.75. The SMILES string of the molecule is Cc1ccc(S(=O)(=O)NC2CCc3c(c4ccccc4n3CCC(=O)O)C2)cc1.[NaH]. The van der Waals surface area contributed by atoms with E-state index >= 15 is 0 Å². The van der Waals surface area contributed by atoms with Crippen LogP contribution in [0.4, 0.5) is 0 Å². The van der Waals surface area contributed by atoms with Gasteiger partial charge in [0.1, 0.15) is 0 Å². The second kappa shape index (κ2) is 9.24. The van der Waals surface area contributed by atoms with Gasteiger partial charge in [-0.2, -0.15) is 0 Å². The summed E-state index contributed by atoms with van der Waals surface area (Å²) in [4.78, 5) is 11.3. The first-order valence-corrected chi connectivity index (χ1v) is 11.2. The van der Waals surface area contributed by atoms with E-state index < -0.39 is 16.0 Å². The Balaban J connectivity index is 0.00000256. The molecular formula is C22H25N2NaO4S. The van der Waals surface area contributed by atoms with Crippen molar-refractivity contribution >= 4 is 56.5 Å². The van der Waals surface area contributed by atoms with Crippen molar-refractivity contribution in [2.75, 3.05) is 0 Å². The Morgan fingerprint density at radius 3 is 2.57 bits per heavy atom. The summed E-state index contributed by atoms with van der Waals surface area (Å²) in [6.45, 7) is 2.34. The van der Waals surface area contributed by atoms with Gasteiger partial charge in [0.15, 0.2) is 0 Å². The molecular weight excluding hydrogens is 411 g/mol. The predicted octanol–water partition coefficient (Wildman–Crippen LogP) is 2.61. The number of fused-ring (bicyclic) bond motifs is 3. The van der Waals surface area contributed by atoms with Crippen molar-refractivity contribution in [3.8, 4) is 0 Å². The molecule has 0 fully saturated rings. The second-order valence-electron chi connectivity index (χ2n) is 7.61. The summed E-state index contributed by atoms with van der Waals surface area (Å²) in [6, 6.07) is 14.6. The minimum atomic E-state index is -3.58. The molecule has 0 amide bonds. The zero-order valence-corrected chi connectivity index (χ0v) is 17.1. The van der Waals surface area contributed by atoms with Gasteiger partial charge in [-0.25, -0.2) is 13.1 Å². The van der Waals surface area contributed by atoms with E-state index in [1.807, 2.05) is 31.2 Å². The molecule has 1 aliphatic rings. The van der Waals surface area contributed by atoms with E-state index in [1.54, 1.807) is 24.3 Å². The zero-order chi connectivity index (χ0) is 20.6. The minimum absolute atomic E-state index is 0. The number of hydrogen-bond acceptors (Lipinski definition) is 3. The van der Waals surface area contributed by atoms with Gasteiger partial charge in [0.25, 0.3) is 0 Å². The fourth-order valence-electron chi connectivity index (χ4n) is 4.17. The van der Waals surface area contributed by atoms with Crippen molar-refractivity contribution in [1.29, 1.82) is 0 Å². The monoisotopic (exact) mass is 436 g/mol. The molecule has 6 nitrogen and oxygen atoms in total. The number of carboxylic acids is 1. The fraction of sp³-hybridized carbons (Fsp3) is 0.318. The molecule has 2 N–H and O–H groups in total. The van der Waals surface area contributed by atoms with Crippen molar-refractivity contribution in [2.24, 2.45) is 0 Å². The summed E-state index contributed by atoms with van der Waals surface area (Å²) in [5.41, 5.74) is 4.27. The average molecular weight is 437 g/mol. The summed E-state index contributed by atoms with van der Waals surface area (Å²) in [5.74, 6) is -0.823. The molecule has 0 spiro atoms. The van der Waals surface area contributed by atoms with Crippen LogP contribution in [-0.2, 0) is 34.2 Å². The quantitative estimate of drug-likeness (QED) is 0.582. The molecule has 0 saturated carbocycles. The van der Waals surface area contributed by atoms with E-state index in [0.29, 0.717) is 25.8 Å². The molecule has 0 radical (unpaired) electrons. The Labute approximate surface area is 198 Å². The molecule has 1 atom stereocenters. The first-order chi connectivity index (χ1) is 13.8. The number of nitrogens with zero attached hydrogens (tertiary/aromatic N) is 1. The van der Waals surface area contributed by atoms with Gasteiger partial charge < -0.3 is 9.67 Å². The number of carbonyl (C=O) groups is 1. The maximum absolute atomic E-state index is 12.8. The number of aromatic nitrogens is 1. The van der Waals surface area contributed by atoms with Crippen LogP contribution in [0.1, 0.15) is 29.7 Å². The number of aryl methyl sites for hydroxylation is 2.